The highest BCUT2D eigenvalue weighted by atomic mass is 27.0. The maximum atomic E-state index is 10.2. The molecule has 0 bridgehead atoms. The van der Waals surface area contributed by atoms with Gasteiger partial charge in [0.05, 0.1) is 6.67 Å². The van der Waals surface area contributed by atoms with E-state index in [4.69, 9.17) is 0 Å². The summed E-state index contributed by atoms with van der Waals surface area (Å²) in [7, 11) is 0. The van der Waals surface area contributed by atoms with Crippen LogP contribution in [0.5, 0.6) is 0 Å². The van der Waals surface area contributed by atoms with Gasteiger partial charge in [0.25, 0.3) is 0 Å². The molecule has 1 radical (unpaired) electrons. The van der Waals surface area contributed by atoms with E-state index in [0.29, 0.717) is 0 Å². The zero-order valence-electron chi connectivity index (χ0n) is 1.79. The van der Waals surface area contributed by atoms with Gasteiger partial charge in [-0.2, -0.15) is 0 Å². The molecule has 0 atom stereocenters. The molecule has 0 aliphatic carbocycles. The van der Waals surface area contributed by atoms with E-state index in [1.807, 2.05) is 0 Å². The second kappa shape index (κ2) is 9.82. The Hall–Kier alpha value is 0.462. The maximum Gasteiger partial charge on any atom is 0.187 e. The predicted octanol–water partition coefficient (Wildman–Crippen LogP) is -0.394. The van der Waals surface area contributed by atoms with Crippen molar-refractivity contribution in [2.75, 3.05) is 6.67 Å². The number of alkyl halides is 1. The van der Waals surface area contributed by atoms with Crippen LogP contribution in [0, 0.1) is 6.92 Å². The Morgan fingerprint density at radius 1 is 1.75 bits per heavy atom. The third-order valence-corrected chi connectivity index (χ3v) is 0. The molecule has 0 aromatic heterocycles. The second-order valence-electron chi connectivity index (χ2n) is 0.189. The van der Waals surface area contributed by atoms with Gasteiger partial charge in [-0.3, -0.25) is 4.39 Å². The van der Waals surface area contributed by atoms with Crippen LogP contribution in [0.4, 0.5) is 4.39 Å². The SMILES string of the molecule is [AlH3].[CH2]CF. The van der Waals surface area contributed by atoms with Crippen molar-refractivity contribution in [1.82, 2.24) is 0 Å². The molecule has 0 amide bonds. The van der Waals surface area contributed by atoms with E-state index in [-0.39, 0.29) is 17.4 Å². The fourth-order valence-electron chi connectivity index (χ4n) is 0. The summed E-state index contributed by atoms with van der Waals surface area (Å²) in [6.45, 7) is 2.32. The number of rotatable bonds is 0. The first kappa shape index (κ1) is 8.82. The van der Waals surface area contributed by atoms with Gasteiger partial charge in [0.2, 0.25) is 0 Å². The Balaban J connectivity index is 0. The van der Waals surface area contributed by atoms with E-state index in [1.54, 1.807) is 0 Å². The van der Waals surface area contributed by atoms with Crippen molar-refractivity contribution >= 4 is 17.4 Å². The molecule has 0 N–H and O–H groups in total. The molecule has 25 valence electrons. The first-order valence-electron chi connectivity index (χ1n) is 0.767. The van der Waals surface area contributed by atoms with E-state index in [1.165, 1.54) is 0 Å². The van der Waals surface area contributed by atoms with Crippen LogP contribution in [-0.4, -0.2) is 24.0 Å². The van der Waals surface area contributed by atoms with Crippen molar-refractivity contribution in [3.63, 3.8) is 0 Å². The van der Waals surface area contributed by atoms with Crippen molar-refractivity contribution in [2.45, 2.75) is 0 Å². The molecular weight excluding hydrogens is 70.0 g/mol. The topological polar surface area (TPSA) is 0 Å². The Morgan fingerprint density at radius 2 is 1.75 bits per heavy atom. The first-order chi connectivity index (χ1) is 1.41. The lowest BCUT2D eigenvalue weighted by atomic mass is 10.9. The molecule has 2 heteroatoms. The van der Waals surface area contributed by atoms with Crippen LogP contribution in [0.3, 0.4) is 0 Å². The summed E-state index contributed by atoms with van der Waals surface area (Å²) in [5, 5.41) is 0. The smallest absolute Gasteiger partial charge is 0.187 e. The minimum absolute atomic E-state index is 0. The third-order valence-electron chi connectivity index (χ3n) is 0. The second-order valence-corrected chi connectivity index (χ2v) is 0.189. The van der Waals surface area contributed by atoms with Gasteiger partial charge in [0.1, 0.15) is 0 Å². The normalized spacial score (nSPS) is 4.50. The molecular formula is C2H7AlF. The van der Waals surface area contributed by atoms with E-state index in [0.717, 1.165) is 0 Å². The number of hydrogen-bond donors (Lipinski definition) is 0. The van der Waals surface area contributed by atoms with Gasteiger partial charge in [0, 0.05) is 0 Å². The van der Waals surface area contributed by atoms with E-state index in [2.05, 4.69) is 6.92 Å². The van der Waals surface area contributed by atoms with Crippen LogP contribution in [0.1, 0.15) is 0 Å². The Morgan fingerprint density at radius 3 is 1.75 bits per heavy atom. The van der Waals surface area contributed by atoms with E-state index in [9.17, 15) is 4.39 Å². The molecule has 0 rings (SSSR count). The standard InChI is InChI=1S/C2H4F.Al.3H/c1-2-3;;;;/h1-2H2;;;;. The highest BCUT2D eigenvalue weighted by Crippen LogP contribution is 1.47. The van der Waals surface area contributed by atoms with Crippen LogP contribution in [0.25, 0.3) is 0 Å². The summed E-state index contributed by atoms with van der Waals surface area (Å²) >= 11 is 0. The highest BCUT2D eigenvalue weighted by molar-refractivity contribution is 5.75. The lowest BCUT2D eigenvalue weighted by Gasteiger charge is -1.45. The summed E-state index contributed by atoms with van der Waals surface area (Å²) in [5.74, 6) is 0. The minimum Gasteiger partial charge on any atom is -0.251 e. The largest absolute Gasteiger partial charge is 0.251 e. The van der Waals surface area contributed by atoms with Gasteiger partial charge in [-0.25, -0.2) is 0 Å². The van der Waals surface area contributed by atoms with E-state index >= 15 is 0 Å². The lowest BCUT2D eigenvalue weighted by Crippen LogP contribution is -1.42. The highest BCUT2D eigenvalue weighted by Gasteiger charge is 1.40. The quantitative estimate of drug-likeness (QED) is 0.345. The van der Waals surface area contributed by atoms with Crippen molar-refractivity contribution in [3.8, 4) is 0 Å². The Bertz CT molecular complexity index is 6.00. The van der Waals surface area contributed by atoms with Crippen molar-refractivity contribution in [3.05, 3.63) is 6.92 Å². The number of hydrogen-bond acceptors (Lipinski definition) is 0. The predicted molar refractivity (Wildman–Crippen MR) is 21.3 cm³/mol. The van der Waals surface area contributed by atoms with Crippen molar-refractivity contribution < 1.29 is 4.39 Å². The van der Waals surface area contributed by atoms with Crippen LogP contribution >= 0.6 is 0 Å². The molecule has 0 saturated carbocycles. The van der Waals surface area contributed by atoms with Gasteiger partial charge < -0.3 is 0 Å². The van der Waals surface area contributed by atoms with Gasteiger partial charge in [-0.1, -0.05) is 0 Å². The molecule has 0 heterocycles. The van der Waals surface area contributed by atoms with Crippen molar-refractivity contribution in [2.24, 2.45) is 0 Å². The third kappa shape index (κ3) is 24.6. The molecule has 0 spiro atoms. The zero-order chi connectivity index (χ0) is 2.71. The van der Waals surface area contributed by atoms with Crippen LogP contribution in [0.2, 0.25) is 0 Å². The molecule has 0 nitrogen and oxygen atoms in total. The van der Waals surface area contributed by atoms with Crippen LogP contribution in [-0.2, 0) is 0 Å². The molecule has 0 fully saturated rings. The average Bonchev–Trinajstić information content (AvgIpc) is 0.918. The summed E-state index contributed by atoms with van der Waals surface area (Å²) in [4.78, 5) is 0. The lowest BCUT2D eigenvalue weighted by molar-refractivity contribution is 0.559. The monoisotopic (exact) mass is 77.0 g/mol. The molecule has 4 heavy (non-hydrogen) atoms. The fourth-order valence-corrected chi connectivity index (χ4v) is 0. The molecule has 0 aliphatic rings. The first-order valence-corrected chi connectivity index (χ1v) is 0.767. The molecule has 0 saturated heterocycles. The summed E-state index contributed by atoms with van der Waals surface area (Å²) in [5.41, 5.74) is 0. The maximum absolute atomic E-state index is 10.2. The van der Waals surface area contributed by atoms with Gasteiger partial charge >= 0.3 is 0 Å². The van der Waals surface area contributed by atoms with Gasteiger partial charge in [-0.05, 0) is 6.92 Å². The van der Waals surface area contributed by atoms with Gasteiger partial charge in [-0.15, -0.1) is 0 Å². The molecule has 0 unspecified atom stereocenters. The summed E-state index contributed by atoms with van der Waals surface area (Å²) < 4.78 is 10.2. The van der Waals surface area contributed by atoms with Gasteiger partial charge in [0.15, 0.2) is 17.4 Å². The number of halogens is 1. The fraction of sp³-hybridized carbons (Fsp3) is 0.500. The van der Waals surface area contributed by atoms with E-state index < -0.39 is 6.67 Å². The molecule has 0 aromatic carbocycles. The van der Waals surface area contributed by atoms with Crippen LogP contribution in [0.15, 0.2) is 0 Å². The van der Waals surface area contributed by atoms with Crippen LogP contribution < -0.4 is 0 Å². The Labute approximate surface area is 36.1 Å². The minimum atomic E-state index is -0.500. The average molecular weight is 77.1 g/mol. The summed E-state index contributed by atoms with van der Waals surface area (Å²) in [6.07, 6.45) is 0. The molecule has 0 aromatic rings. The zero-order valence-corrected chi connectivity index (χ0v) is 1.79. The summed E-state index contributed by atoms with van der Waals surface area (Å²) in [6, 6.07) is 0. The van der Waals surface area contributed by atoms with Crippen molar-refractivity contribution in [1.29, 1.82) is 0 Å². The Kier molecular flexibility index (Phi) is 21.7. The molecule has 0 aliphatic heterocycles.